The van der Waals surface area contributed by atoms with Crippen molar-refractivity contribution in [1.29, 1.82) is 5.26 Å². The van der Waals surface area contributed by atoms with Gasteiger partial charge in [-0.3, -0.25) is 4.98 Å². The fraction of sp³-hybridized carbons (Fsp3) is 0.333. The van der Waals surface area contributed by atoms with Crippen LogP contribution in [0.5, 0.6) is 0 Å². The highest BCUT2D eigenvalue weighted by Gasteiger charge is 2.08. The first-order valence-corrected chi connectivity index (χ1v) is 4.91. The summed E-state index contributed by atoms with van der Waals surface area (Å²) in [5, 5.41) is 8.73. The Hall–Kier alpha value is -1.21. The van der Waals surface area contributed by atoms with Crippen LogP contribution in [0.15, 0.2) is 23.4 Å². The van der Waals surface area contributed by atoms with Gasteiger partial charge in [0.25, 0.3) is 0 Å². The Morgan fingerprint density at radius 2 is 2.54 bits per heavy atom. The van der Waals surface area contributed by atoms with Crippen LogP contribution in [0.4, 0.5) is 5.69 Å². The topological polar surface area (TPSA) is 62.7 Å². The largest absolute Gasteiger partial charge is 0.397 e. The minimum absolute atomic E-state index is 0.0234. The molecule has 0 aliphatic carbocycles. The van der Waals surface area contributed by atoms with E-state index in [1.54, 1.807) is 12.4 Å². The Bertz CT molecular complexity index is 319. The van der Waals surface area contributed by atoms with Crippen molar-refractivity contribution in [3.05, 3.63) is 18.5 Å². The number of pyridine rings is 1. The molecule has 0 spiro atoms. The second-order valence-electron chi connectivity index (χ2n) is 2.56. The first-order valence-electron chi connectivity index (χ1n) is 4.03. The van der Waals surface area contributed by atoms with Gasteiger partial charge in [0.2, 0.25) is 0 Å². The Morgan fingerprint density at radius 1 is 1.77 bits per heavy atom. The molecule has 2 N–H and O–H groups in total. The molecule has 1 aromatic heterocycles. The van der Waals surface area contributed by atoms with E-state index in [9.17, 15) is 0 Å². The van der Waals surface area contributed by atoms with Gasteiger partial charge < -0.3 is 5.73 Å². The normalized spacial score (nSPS) is 12.0. The number of nitrogens with two attached hydrogens (primary N) is 1. The fourth-order valence-corrected chi connectivity index (χ4v) is 1.71. The van der Waals surface area contributed by atoms with Gasteiger partial charge in [-0.05, 0) is 12.5 Å². The molecule has 0 saturated heterocycles. The monoisotopic (exact) mass is 193 g/mol. The van der Waals surface area contributed by atoms with E-state index in [0.717, 1.165) is 11.3 Å². The van der Waals surface area contributed by atoms with E-state index in [1.807, 2.05) is 13.0 Å². The third-order valence-corrected chi connectivity index (χ3v) is 2.94. The number of hydrogen-bond donors (Lipinski definition) is 1. The summed E-state index contributed by atoms with van der Waals surface area (Å²) >= 11 is 1.49. The summed E-state index contributed by atoms with van der Waals surface area (Å²) in [4.78, 5) is 4.82. The molecule has 1 rings (SSSR count). The lowest BCUT2D eigenvalue weighted by atomic mass is 10.4. The van der Waals surface area contributed by atoms with Gasteiger partial charge in [0.15, 0.2) is 0 Å². The van der Waals surface area contributed by atoms with Crippen LogP contribution in [-0.2, 0) is 0 Å². The van der Waals surface area contributed by atoms with Crippen LogP contribution in [0.1, 0.15) is 13.3 Å². The molecule has 1 aromatic rings. The van der Waals surface area contributed by atoms with Crippen molar-refractivity contribution >= 4 is 17.4 Å². The van der Waals surface area contributed by atoms with E-state index in [2.05, 4.69) is 11.1 Å². The summed E-state index contributed by atoms with van der Waals surface area (Å²) in [7, 11) is 0. The number of hydrogen-bond acceptors (Lipinski definition) is 4. The van der Waals surface area contributed by atoms with Crippen molar-refractivity contribution < 1.29 is 0 Å². The van der Waals surface area contributed by atoms with E-state index in [1.165, 1.54) is 11.8 Å². The van der Waals surface area contributed by atoms with Crippen molar-refractivity contribution in [3.63, 3.8) is 0 Å². The minimum Gasteiger partial charge on any atom is -0.397 e. The molecule has 0 aliphatic rings. The predicted molar refractivity (Wildman–Crippen MR) is 54.2 cm³/mol. The lowest BCUT2D eigenvalue weighted by Crippen LogP contribution is -1.97. The van der Waals surface area contributed by atoms with Crippen molar-refractivity contribution in [2.45, 2.75) is 23.5 Å². The van der Waals surface area contributed by atoms with E-state index in [-0.39, 0.29) is 5.25 Å². The van der Waals surface area contributed by atoms with Gasteiger partial charge in [0.05, 0.1) is 23.2 Å². The lowest BCUT2D eigenvalue weighted by molar-refractivity contribution is 0.985. The average Bonchev–Trinajstić information content (AvgIpc) is 2.17. The number of thioether (sulfide) groups is 1. The SMILES string of the molecule is CCC(C#N)Sc1ccncc1N. The number of nitrogens with zero attached hydrogens (tertiary/aromatic N) is 2. The van der Waals surface area contributed by atoms with Crippen molar-refractivity contribution in [1.82, 2.24) is 4.98 Å². The number of nitriles is 1. The molecule has 0 bridgehead atoms. The van der Waals surface area contributed by atoms with Crippen LogP contribution in [0.2, 0.25) is 0 Å². The lowest BCUT2D eigenvalue weighted by Gasteiger charge is -2.07. The first kappa shape index (κ1) is 9.87. The molecule has 1 atom stereocenters. The summed E-state index contributed by atoms with van der Waals surface area (Å²) in [6.45, 7) is 1.98. The fourth-order valence-electron chi connectivity index (χ4n) is 0.855. The zero-order valence-electron chi connectivity index (χ0n) is 7.40. The molecule has 0 amide bonds. The van der Waals surface area contributed by atoms with Crippen LogP contribution in [0, 0.1) is 11.3 Å². The summed E-state index contributed by atoms with van der Waals surface area (Å²) in [5.41, 5.74) is 6.33. The Labute approximate surface area is 82.0 Å². The van der Waals surface area contributed by atoms with Crippen LogP contribution >= 0.6 is 11.8 Å². The third kappa shape index (κ3) is 2.63. The minimum atomic E-state index is -0.0234. The molecule has 68 valence electrons. The van der Waals surface area contributed by atoms with Crippen LogP contribution in [-0.4, -0.2) is 10.2 Å². The molecule has 1 heterocycles. The number of aromatic nitrogens is 1. The molecule has 1 unspecified atom stereocenters. The van der Waals surface area contributed by atoms with Crippen LogP contribution in [0.3, 0.4) is 0 Å². The van der Waals surface area contributed by atoms with Crippen LogP contribution < -0.4 is 5.73 Å². The molecule has 0 aliphatic heterocycles. The molecule has 0 saturated carbocycles. The Balaban J connectivity index is 2.74. The zero-order chi connectivity index (χ0) is 9.68. The van der Waals surface area contributed by atoms with Gasteiger partial charge >= 0.3 is 0 Å². The highest BCUT2D eigenvalue weighted by Crippen LogP contribution is 2.28. The summed E-state index contributed by atoms with van der Waals surface area (Å²) < 4.78 is 0. The quantitative estimate of drug-likeness (QED) is 0.746. The second-order valence-corrected chi connectivity index (χ2v) is 3.80. The summed E-state index contributed by atoms with van der Waals surface area (Å²) in [6, 6.07) is 4.05. The number of nitrogen functional groups attached to an aromatic ring is 1. The molecule has 3 nitrogen and oxygen atoms in total. The standard InChI is InChI=1S/C9H11N3S/c1-2-7(5-10)13-9-3-4-12-6-8(9)11/h3-4,6-7H,2,11H2,1H3. The van der Waals surface area contributed by atoms with Gasteiger partial charge in [-0.1, -0.05) is 6.92 Å². The van der Waals surface area contributed by atoms with Gasteiger partial charge in [0.1, 0.15) is 0 Å². The van der Waals surface area contributed by atoms with Gasteiger partial charge in [0, 0.05) is 11.1 Å². The van der Waals surface area contributed by atoms with E-state index in [4.69, 9.17) is 11.0 Å². The average molecular weight is 193 g/mol. The first-order chi connectivity index (χ1) is 6.27. The molecule has 13 heavy (non-hydrogen) atoms. The maximum atomic E-state index is 8.75. The number of anilines is 1. The van der Waals surface area contributed by atoms with Crippen molar-refractivity contribution in [2.24, 2.45) is 0 Å². The maximum absolute atomic E-state index is 8.75. The van der Waals surface area contributed by atoms with E-state index < -0.39 is 0 Å². The third-order valence-electron chi connectivity index (χ3n) is 1.59. The van der Waals surface area contributed by atoms with Crippen LogP contribution in [0.25, 0.3) is 0 Å². The van der Waals surface area contributed by atoms with E-state index in [0.29, 0.717) is 5.69 Å². The Morgan fingerprint density at radius 3 is 3.08 bits per heavy atom. The molecular formula is C9H11N3S. The van der Waals surface area contributed by atoms with Crippen molar-refractivity contribution in [3.8, 4) is 6.07 Å². The highest BCUT2D eigenvalue weighted by molar-refractivity contribution is 8.00. The van der Waals surface area contributed by atoms with Gasteiger partial charge in [-0.15, -0.1) is 11.8 Å². The molecular weight excluding hydrogens is 182 g/mol. The molecule has 0 aromatic carbocycles. The predicted octanol–water partition coefficient (Wildman–Crippen LogP) is 2.06. The maximum Gasteiger partial charge on any atom is 0.0961 e. The highest BCUT2D eigenvalue weighted by atomic mass is 32.2. The number of rotatable bonds is 3. The van der Waals surface area contributed by atoms with Gasteiger partial charge in [-0.25, -0.2) is 0 Å². The van der Waals surface area contributed by atoms with Crippen molar-refractivity contribution in [2.75, 3.05) is 5.73 Å². The smallest absolute Gasteiger partial charge is 0.0961 e. The zero-order valence-corrected chi connectivity index (χ0v) is 8.21. The second kappa shape index (κ2) is 4.73. The summed E-state index contributed by atoms with van der Waals surface area (Å²) in [6.07, 6.45) is 4.11. The Kier molecular flexibility index (Phi) is 3.59. The van der Waals surface area contributed by atoms with Gasteiger partial charge in [-0.2, -0.15) is 5.26 Å². The summed E-state index contributed by atoms with van der Waals surface area (Å²) in [5.74, 6) is 0. The molecule has 0 fully saturated rings. The van der Waals surface area contributed by atoms with E-state index >= 15 is 0 Å². The molecule has 4 heteroatoms. The molecule has 0 radical (unpaired) electrons.